The summed E-state index contributed by atoms with van der Waals surface area (Å²) >= 11 is 0. The fourth-order valence-corrected chi connectivity index (χ4v) is 2.38. The summed E-state index contributed by atoms with van der Waals surface area (Å²) in [6, 6.07) is 0. The van der Waals surface area contributed by atoms with Crippen molar-refractivity contribution in [2.75, 3.05) is 13.2 Å². The molecule has 1 aliphatic carbocycles. The zero-order valence-electron chi connectivity index (χ0n) is 11.9. The van der Waals surface area contributed by atoms with Gasteiger partial charge in [-0.1, -0.05) is 13.8 Å². The molecule has 0 aliphatic heterocycles. The number of carbonyl (C=O) groups excluding carboxylic acids is 2. The van der Waals surface area contributed by atoms with Crippen LogP contribution in [0.1, 0.15) is 53.4 Å². The normalized spacial score (nSPS) is 21.1. The van der Waals surface area contributed by atoms with Crippen LogP contribution < -0.4 is 0 Å². The molecule has 0 amide bonds. The van der Waals surface area contributed by atoms with Crippen LogP contribution in [0.4, 0.5) is 0 Å². The van der Waals surface area contributed by atoms with Crippen LogP contribution >= 0.6 is 0 Å². The lowest BCUT2D eigenvalue weighted by atomic mass is 9.65. The van der Waals surface area contributed by atoms with Crippen LogP contribution in [0.2, 0.25) is 0 Å². The topological polar surface area (TPSA) is 52.6 Å². The third-order valence-corrected chi connectivity index (χ3v) is 3.79. The summed E-state index contributed by atoms with van der Waals surface area (Å²) in [6.45, 7) is 8.42. The van der Waals surface area contributed by atoms with Crippen LogP contribution in [0.15, 0.2) is 0 Å². The van der Waals surface area contributed by atoms with E-state index in [1.807, 2.05) is 0 Å². The Morgan fingerprint density at radius 2 is 1.28 bits per heavy atom. The second kappa shape index (κ2) is 5.72. The zero-order valence-corrected chi connectivity index (χ0v) is 11.9. The summed E-state index contributed by atoms with van der Waals surface area (Å²) in [4.78, 5) is 24.2. The minimum atomic E-state index is -1.07. The van der Waals surface area contributed by atoms with E-state index in [0.717, 1.165) is 12.8 Å². The van der Waals surface area contributed by atoms with Crippen LogP contribution in [0.25, 0.3) is 0 Å². The zero-order chi connectivity index (χ0) is 13.8. The molecule has 1 saturated carbocycles. The first-order chi connectivity index (χ1) is 8.38. The lowest BCUT2D eigenvalue weighted by Crippen LogP contribution is -2.46. The first-order valence-electron chi connectivity index (χ1n) is 6.72. The van der Waals surface area contributed by atoms with Gasteiger partial charge in [0.25, 0.3) is 0 Å². The average Bonchev–Trinajstić information content (AvgIpc) is 2.30. The maximum Gasteiger partial charge on any atom is 0.323 e. The molecule has 0 aromatic carbocycles. The van der Waals surface area contributed by atoms with Crippen molar-refractivity contribution in [3.05, 3.63) is 0 Å². The monoisotopic (exact) mass is 256 g/mol. The summed E-state index contributed by atoms with van der Waals surface area (Å²) in [5.41, 5.74) is -0.885. The maximum absolute atomic E-state index is 12.1. The standard InChI is InChI=1S/C14H24O4/c1-5-17-11(15)14(12(16)18-6-2)9-7-13(3,4)8-10-14/h5-10H2,1-4H3. The molecule has 4 nitrogen and oxygen atoms in total. The molecule has 0 unspecified atom stereocenters. The summed E-state index contributed by atoms with van der Waals surface area (Å²) < 4.78 is 10.2. The number of esters is 2. The molecular weight excluding hydrogens is 232 g/mol. The van der Waals surface area contributed by atoms with Crippen LogP contribution in [-0.2, 0) is 19.1 Å². The van der Waals surface area contributed by atoms with Gasteiger partial charge in [0.15, 0.2) is 5.41 Å². The highest BCUT2D eigenvalue weighted by molar-refractivity contribution is 6.00. The van der Waals surface area contributed by atoms with Crippen LogP contribution in [0.5, 0.6) is 0 Å². The third kappa shape index (κ3) is 3.03. The molecule has 0 aromatic heterocycles. The van der Waals surface area contributed by atoms with Crippen molar-refractivity contribution in [3.63, 3.8) is 0 Å². The SMILES string of the molecule is CCOC(=O)C1(C(=O)OCC)CCC(C)(C)CC1. The highest BCUT2D eigenvalue weighted by Crippen LogP contribution is 2.46. The minimum Gasteiger partial charge on any atom is -0.465 e. The van der Waals surface area contributed by atoms with Crippen LogP contribution in [0, 0.1) is 10.8 Å². The lowest BCUT2D eigenvalue weighted by Gasteiger charge is -2.39. The van der Waals surface area contributed by atoms with Gasteiger partial charge in [-0.05, 0) is 44.9 Å². The van der Waals surface area contributed by atoms with Crippen molar-refractivity contribution in [1.82, 2.24) is 0 Å². The molecule has 0 saturated heterocycles. The molecule has 104 valence electrons. The first-order valence-corrected chi connectivity index (χ1v) is 6.72. The molecule has 4 heteroatoms. The molecule has 18 heavy (non-hydrogen) atoms. The van der Waals surface area contributed by atoms with Gasteiger partial charge < -0.3 is 9.47 Å². The summed E-state index contributed by atoms with van der Waals surface area (Å²) in [6.07, 6.45) is 2.73. The highest BCUT2D eigenvalue weighted by Gasteiger charge is 2.52. The molecule has 0 heterocycles. The molecule has 0 spiro atoms. The Bertz CT molecular complexity index is 290. The maximum atomic E-state index is 12.1. The van der Waals surface area contributed by atoms with E-state index in [1.54, 1.807) is 13.8 Å². The fraction of sp³-hybridized carbons (Fsp3) is 0.857. The van der Waals surface area contributed by atoms with E-state index in [-0.39, 0.29) is 5.41 Å². The molecule has 1 aliphatic rings. The molecule has 0 N–H and O–H groups in total. The smallest absolute Gasteiger partial charge is 0.323 e. The molecule has 0 aromatic rings. The van der Waals surface area contributed by atoms with Crippen molar-refractivity contribution in [2.45, 2.75) is 53.4 Å². The predicted molar refractivity (Wildman–Crippen MR) is 67.9 cm³/mol. The van der Waals surface area contributed by atoms with Crippen LogP contribution in [-0.4, -0.2) is 25.2 Å². The Morgan fingerprint density at radius 3 is 1.61 bits per heavy atom. The van der Waals surface area contributed by atoms with Gasteiger partial charge in [0.2, 0.25) is 0 Å². The van der Waals surface area contributed by atoms with Gasteiger partial charge in [-0.15, -0.1) is 0 Å². The molecular formula is C14H24O4. The average molecular weight is 256 g/mol. The number of rotatable bonds is 4. The highest BCUT2D eigenvalue weighted by atomic mass is 16.6. The molecule has 0 bridgehead atoms. The number of hydrogen-bond donors (Lipinski definition) is 0. The first kappa shape index (κ1) is 15.0. The Morgan fingerprint density at radius 1 is 0.889 bits per heavy atom. The van der Waals surface area contributed by atoms with Gasteiger partial charge in [0.1, 0.15) is 0 Å². The molecule has 1 fully saturated rings. The second-order valence-corrected chi connectivity index (χ2v) is 5.69. The van der Waals surface area contributed by atoms with E-state index >= 15 is 0 Å². The van der Waals surface area contributed by atoms with Crippen molar-refractivity contribution in [3.8, 4) is 0 Å². The summed E-state index contributed by atoms with van der Waals surface area (Å²) in [7, 11) is 0. The van der Waals surface area contributed by atoms with Crippen molar-refractivity contribution < 1.29 is 19.1 Å². The summed E-state index contributed by atoms with van der Waals surface area (Å²) in [5, 5.41) is 0. The van der Waals surface area contributed by atoms with Gasteiger partial charge in [-0.25, -0.2) is 0 Å². The molecule has 1 rings (SSSR count). The predicted octanol–water partition coefficient (Wildman–Crippen LogP) is 2.70. The number of carbonyl (C=O) groups is 2. The van der Waals surface area contributed by atoms with Gasteiger partial charge in [-0.2, -0.15) is 0 Å². The van der Waals surface area contributed by atoms with Gasteiger partial charge >= 0.3 is 11.9 Å². The third-order valence-electron chi connectivity index (χ3n) is 3.79. The van der Waals surface area contributed by atoms with Crippen molar-refractivity contribution in [1.29, 1.82) is 0 Å². The molecule has 0 radical (unpaired) electrons. The fourth-order valence-electron chi connectivity index (χ4n) is 2.38. The summed E-state index contributed by atoms with van der Waals surface area (Å²) in [5.74, 6) is -0.835. The lowest BCUT2D eigenvalue weighted by molar-refractivity contribution is -0.176. The Labute approximate surface area is 109 Å². The van der Waals surface area contributed by atoms with E-state index in [0.29, 0.717) is 26.1 Å². The quantitative estimate of drug-likeness (QED) is 0.573. The van der Waals surface area contributed by atoms with E-state index in [9.17, 15) is 9.59 Å². The van der Waals surface area contributed by atoms with E-state index < -0.39 is 17.4 Å². The van der Waals surface area contributed by atoms with Crippen LogP contribution in [0.3, 0.4) is 0 Å². The van der Waals surface area contributed by atoms with Gasteiger partial charge in [-0.3, -0.25) is 9.59 Å². The molecule has 0 atom stereocenters. The number of hydrogen-bond acceptors (Lipinski definition) is 4. The Balaban J connectivity index is 2.89. The van der Waals surface area contributed by atoms with E-state index in [4.69, 9.17) is 9.47 Å². The minimum absolute atomic E-state index is 0.183. The second-order valence-electron chi connectivity index (χ2n) is 5.69. The van der Waals surface area contributed by atoms with E-state index in [1.165, 1.54) is 0 Å². The Hall–Kier alpha value is -1.06. The van der Waals surface area contributed by atoms with Gasteiger partial charge in [0.05, 0.1) is 13.2 Å². The van der Waals surface area contributed by atoms with E-state index in [2.05, 4.69) is 13.8 Å². The van der Waals surface area contributed by atoms with Crippen molar-refractivity contribution >= 4 is 11.9 Å². The number of ether oxygens (including phenoxy) is 2. The largest absolute Gasteiger partial charge is 0.465 e. The van der Waals surface area contributed by atoms with Crippen molar-refractivity contribution in [2.24, 2.45) is 10.8 Å². The van der Waals surface area contributed by atoms with Gasteiger partial charge in [0, 0.05) is 0 Å². The Kier molecular flexibility index (Phi) is 4.77.